The first-order valence-corrected chi connectivity index (χ1v) is 2.84. The van der Waals surface area contributed by atoms with Crippen molar-refractivity contribution in [2.75, 3.05) is 6.54 Å². The second-order valence-corrected chi connectivity index (χ2v) is 1.75. The van der Waals surface area contributed by atoms with Gasteiger partial charge in [0.2, 0.25) is 5.91 Å². The highest BCUT2D eigenvalue weighted by Gasteiger charge is 1.94. The van der Waals surface area contributed by atoms with Crippen molar-refractivity contribution in [3.63, 3.8) is 0 Å². The number of carbonyl (C=O) groups is 2. The van der Waals surface area contributed by atoms with E-state index >= 15 is 0 Å². The standard InChI is InChI=1S/C5H10N2O3.ClH/c1-4(8)7-6-3-2-5(9)10;/h6H,2-3H2,1H3,(H,7,8)(H,9,10);1H. The molecule has 0 fully saturated rings. The summed E-state index contributed by atoms with van der Waals surface area (Å²) in [6.07, 6.45) is 0.000278. The van der Waals surface area contributed by atoms with Gasteiger partial charge in [-0.25, -0.2) is 5.43 Å². The molecular formula is C5H11ClN2O3. The molecule has 0 aliphatic rings. The zero-order valence-corrected chi connectivity index (χ0v) is 6.90. The molecule has 6 heteroatoms. The van der Waals surface area contributed by atoms with Crippen molar-refractivity contribution >= 4 is 24.3 Å². The third-order valence-electron chi connectivity index (χ3n) is 0.728. The molecule has 0 aliphatic heterocycles. The molecule has 0 aliphatic carbocycles. The SMILES string of the molecule is CC(=O)NNCCC(=O)O.Cl. The predicted octanol–water partition coefficient (Wildman–Crippen LogP) is -0.476. The van der Waals surface area contributed by atoms with Gasteiger partial charge in [-0.3, -0.25) is 15.0 Å². The molecule has 5 nitrogen and oxygen atoms in total. The lowest BCUT2D eigenvalue weighted by Crippen LogP contribution is -2.36. The predicted molar refractivity (Wildman–Crippen MR) is 41.3 cm³/mol. The van der Waals surface area contributed by atoms with Gasteiger partial charge < -0.3 is 5.11 Å². The molecule has 0 unspecified atom stereocenters. The van der Waals surface area contributed by atoms with E-state index in [9.17, 15) is 9.59 Å². The van der Waals surface area contributed by atoms with Crippen LogP contribution < -0.4 is 10.9 Å². The summed E-state index contributed by atoms with van der Waals surface area (Å²) in [5.74, 6) is -1.12. The topological polar surface area (TPSA) is 78.4 Å². The van der Waals surface area contributed by atoms with Crippen molar-refractivity contribution < 1.29 is 14.7 Å². The van der Waals surface area contributed by atoms with E-state index in [-0.39, 0.29) is 31.3 Å². The second-order valence-electron chi connectivity index (χ2n) is 1.75. The highest BCUT2D eigenvalue weighted by atomic mass is 35.5. The Hall–Kier alpha value is -0.810. The van der Waals surface area contributed by atoms with E-state index in [2.05, 4.69) is 10.9 Å². The molecule has 0 atom stereocenters. The first kappa shape index (κ1) is 12.8. The van der Waals surface area contributed by atoms with Gasteiger partial charge in [-0.15, -0.1) is 12.4 Å². The lowest BCUT2D eigenvalue weighted by atomic mass is 10.4. The molecule has 66 valence electrons. The van der Waals surface area contributed by atoms with Crippen LogP contribution in [0, 0.1) is 0 Å². The minimum absolute atomic E-state index is 0. The van der Waals surface area contributed by atoms with Crippen LogP contribution in [0.3, 0.4) is 0 Å². The summed E-state index contributed by atoms with van der Waals surface area (Å²) in [4.78, 5) is 20.1. The fraction of sp³-hybridized carbons (Fsp3) is 0.600. The Balaban J connectivity index is 0. The molecule has 0 spiro atoms. The summed E-state index contributed by atoms with van der Waals surface area (Å²) in [7, 11) is 0. The maximum atomic E-state index is 10.2. The summed E-state index contributed by atoms with van der Waals surface area (Å²) >= 11 is 0. The first-order valence-electron chi connectivity index (χ1n) is 2.84. The Labute approximate surface area is 70.5 Å². The van der Waals surface area contributed by atoms with Crippen molar-refractivity contribution in [3.05, 3.63) is 0 Å². The Morgan fingerprint density at radius 1 is 1.45 bits per heavy atom. The maximum absolute atomic E-state index is 10.2. The van der Waals surface area contributed by atoms with Crippen molar-refractivity contribution in [2.24, 2.45) is 0 Å². The van der Waals surface area contributed by atoms with Crippen molar-refractivity contribution in [2.45, 2.75) is 13.3 Å². The Morgan fingerprint density at radius 2 is 2.00 bits per heavy atom. The van der Waals surface area contributed by atoms with Gasteiger partial charge in [0, 0.05) is 13.5 Å². The van der Waals surface area contributed by atoms with Gasteiger partial charge in [0.05, 0.1) is 6.42 Å². The molecule has 11 heavy (non-hydrogen) atoms. The summed E-state index contributed by atoms with van der Waals surface area (Å²) in [5.41, 5.74) is 4.68. The van der Waals surface area contributed by atoms with Gasteiger partial charge in [-0.1, -0.05) is 0 Å². The largest absolute Gasteiger partial charge is 0.481 e. The number of carboxylic acids is 1. The van der Waals surface area contributed by atoms with Gasteiger partial charge in [0.25, 0.3) is 0 Å². The monoisotopic (exact) mass is 182 g/mol. The number of hydrogen-bond donors (Lipinski definition) is 3. The maximum Gasteiger partial charge on any atom is 0.304 e. The first-order chi connectivity index (χ1) is 4.63. The zero-order chi connectivity index (χ0) is 7.98. The highest BCUT2D eigenvalue weighted by molar-refractivity contribution is 5.85. The van der Waals surface area contributed by atoms with Crippen LogP contribution in [-0.2, 0) is 9.59 Å². The summed E-state index contributed by atoms with van der Waals surface area (Å²) in [6, 6.07) is 0. The second kappa shape index (κ2) is 7.30. The normalized spacial score (nSPS) is 8.09. The van der Waals surface area contributed by atoms with E-state index in [4.69, 9.17) is 5.11 Å². The average Bonchev–Trinajstić information content (AvgIpc) is 1.79. The summed E-state index contributed by atoms with van der Waals surface area (Å²) in [6.45, 7) is 1.59. The van der Waals surface area contributed by atoms with Gasteiger partial charge in [0.1, 0.15) is 0 Å². The van der Waals surface area contributed by atoms with E-state index in [0.29, 0.717) is 0 Å². The van der Waals surface area contributed by atoms with Gasteiger partial charge >= 0.3 is 5.97 Å². The Morgan fingerprint density at radius 3 is 2.36 bits per heavy atom. The van der Waals surface area contributed by atoms with Crippen molar-refractivity contribution in [3.8, 4) is 0 Å². The third-order valence-corrected chi connectivity index (χ3v) is 0.728. The molecule has 0 rings (SSSR count). The van der Waals surface area contributed by atoms with Crippen molar-refractivity contribution in [1.29, 1.82) is 0 Å². The van der Waals surface area contributed by atoms with Gasteiger partial charge in [-0.05, 0) is 0 Å². The van der Waals surface area contributed by atoms with Crippen LogP contribution in [0.25, 0.3) is 0 Å². The average molecular weight is 183 g/mol. The molecule has 1 amide bonds. The number of nitrogens with one attached hydrogen (secondary N) is 2. The molecule has 3 N–H and O–H groups in total. The van der Waals surface area contributed by atoms with Crippen LogP contribution in [0.5, 0.6) is 0 Å². The van der Waals surface area contributed by atoms with Crippen LogP contribution in [0.15, 0.2) is 0 Å². The fourth-order valence-corrected chi connectivity index (χ4v) is 0.356. The van der Waals surface area contributed by atoms with Gasteiger partial charge in [-0.2, -0.15) is 0 Å². The van der Waals surface area contributed by atoms with Crippen LogP contribution in [0.4, 0.5) is 0 Å². The molecular weight excluding hydrogens is 172 g/mol. The summed E-state index contributed by atoms with van der Waals surface area (Å²) in [5, 5.41) is 8.13. The minimum atomic E-state index is -0.891. The van der Waals surface area contributed by atoms with Gasteiger partial charge in [0.15, 0.2) is 0 Å². The number of carboxylic acid groups (broad SMARTS) is 1. The van der Waals surface area contributed by atoms with E-state index in [1.807, 2.05) is 0 Å². The number of hydrogen-bond acceptors (Lipinski definition) is 3. The Bertz CT molecular complexity index is 124. The van der Waals surface area contributed by atoms with Crippen LogP contribution in [0.2, 0.25) is 0 Å². The van der Waals surface area contributed by atoms with Crippen LogP contribution in [-0.4, -0.2) is 23.5 Å². The lowest BCUT2D eigenvalue weighted by molar-refractivity contribution is -0.137. The molecule has 0 saturated carbocycles. The van der Waals surface area contributed by atoms with E-state index in [1.165, 1.54) is 6.92 Å². The lowest BCUT2D eigenvalue weighted by Gasteiger charge is -2.00. The quantitative estimate of drug-likeness (QED) is 0.406. The fourth-order valence-electron chi connectivity index (χ4n) is 0.356. The molecule has 0 bridgehead atoms. The number of rotatable bonds is 4. The number of halogens is 1. The van der Waals surface area contributed by atoms with E-state index in [0.717, 1.165) is 0 Å². The molecule has 0 saturated heterocycles. The smallest absolute Gasteiger partial charge is 0.304 e. The molecule has 0 aromatic heterocycles. The number of carbonyl (C=O) groups excluding carboxylic acids is 1. The highest BCUT2D eigenvalue weighted by Crippen LogP contribution is 1.71. The number of amides is 1. The van der Waals surface area contributed by atoms with E-state index in [1.54, 1.807) is 0 Å². The van der Waals surface area contributed by atoms with Crippen molar-refractivity contribution in [1.82, 2.24) is 10.9 Å². The molecule has 0 aromatic carbocycles. The molecule has 0 radical (unpaired) electrons. The molecule has 0 aromatic rings. The number of hydrazine groups is 1. The third kappa shape index (κ3) is 12.4. The zero-order valence-electron chi connectivity index (χ0n) is 6.09. The Kier molecular flexibility index (Phi) is 8.51. The minimum Gasteiger partial charge on any atom is -0.481 e. The molecule has 0 heterocycles. The summed E-state index contributed by atoms with van der Waals surface area (Å²) < 4.78 is 0. The van der Waals surface area contributed by atoms with Crippen LogP contribution >= 0.6 is 12.4 Å². The van der Waals surface area contributed by atoms with E-state index < -0.39 is 5.97 Å². The van der Waals surface area contributed by atoms with Crippen LogP contribution in [0.1, 0.15) is 13.3 Å². The number of aliphatic carboxylic acids is 1.